The quantitative estimate of drug-likeness (QED) is 0.691. The molecule has 32 heavy (non-hydrogen) atoms. The lowest BCUT2D eigenvalue weighted by Gasteiger charge is -2.32. The van der Waals surface area contributed by atoms with Crippen molar-refractivity contribution < 1.29 is 32.3 Å². The third-order valence-electron chi connectivity index (χ3n) is 4.54. The van der Waals surface area contributed by atoms with Gasteiger partial charge in [-0.1, -0.05) is 18.2 Å². The number of carbonyl (C=O) groups excluding carboxylic acids is 3. The van der Waals surface area contributed by atoms with Crippen LogP contribution in [0.25, 0.3) is 0 Å². The van der Waals surface area contributed by atoms with Crippen molar-refractivity contribution in [1.29, 1.82) is 0 Å². The third-order valence-corrected chi connectivity index (χ3v) is 4.54. The van der Waals surface area contributed by atoms with Crippen LogP contribution in [-0.2, 0) is 16.1 Å². The number of ether oxygens (including phenoxy) is 1. The van der Waals surface area contributed by atoms with E-state index in [2.05, 4.69) is 4.98 Å². The van der Waals surface area contributed by atoms with Gasteiger partial charge in [0.05, 0.1) is 19.8 Å². The first-order valence-corrected chi connectivity index (χ1v) is 9.57. The van der Waals surface area contributed by atoms with Gasteiger partial charge in [-0.2, -0.15) is 13.2 Å². The highest BCUT2D eigenvalue weighted by Gasteiger charge is 2.39. The molecule has 2 heterocycles. The summed E-state index contributed by atoms with van der Waals surface area (Å²) < 4.78 is 41.9. The first-order chi connectivity index (χ1) is 15.3. The molecule has 1 aliphatic heterocycles. The van der Waals surface area contributed by atoms with E-state index >= 15 is 0 Å². The number of hydrogen-bond acceptors (Lipinski definition) is 5. The van der Waals surface area contributed by atoms with E-state index in [0.717, 1.165) is 0 Å². The average Bonchev–Trinajstić information content (AvgIpc) is 2.81. The van der Waals surface area contributed by atoms with Gasteiger partial charge < -0.3 is 9.64 Å². The highest BCUT2D eigenvalue weighted by Crippen LogP contribution is 2.18. The Kier molecular flexibility index (Phi) is 7.25. The van der Waals surface area contributed by atoms with Crippen LogP contribution in [0, 0.1) is 0 Å². The van der Waals surface area contributed by atoms with Crippen LogP contribution in [0.15, 0.2) is 48.7 Å². The molecule has 1 fully saturated rings. The van der Waals surface area contributed by atoms with E-state index in [0.29, 0.717) is 37.7 Å². The minimum absolute atomic E-state index is 0.0279. The van der Waals surface area contributed by atoms with Gasteiger partial charge in [0.1, 0.15) is 5.82 Å². The molecule has 1 aromatic heterocycles. The molecule has 2 N–H and O–H groups in total. The predicted octanol–water partition coefficient (Wildman–Crippen LogP) is 1.86. The van der Waals surface area contributed by atoms with Crippen molar-refractivity contribution in [3.8, 4) is 0 Å². The Hall–Kier alpha value is -3.67. The number of benzene rings is 1. The fourth-order valence-electron chi connectivity index (χ4n) is 2.89. The lowest BCUT2D eigenvalue weighted by Crippen LogP contribution is -2.48. The number of hydrogen-bond donors (Lipinski definition) is 2. The third kappa shape index (κ3) is 5.94. The molecule has 0 bridgehead atoms. The summed E-state index contributed by atoms with van der Waals surface area (Å²) in [5, 5.41) is 0. The Bertz CT molecular complexity index is 948. The van der Waals surface area contributed by atoms with Gasteiger partial charge in [0.15, 0.2) is 0 Å². The van der Waals surface area contributed by atoms with Gasteiger partial charge in [0, 0.05) is 24.8 Å². The van der Waals surface area contributed by atoms with Crippen LogP contribution in [0.2, 0.25) is 0 Å². The van der Waals surface area contributed by atoms with Gasteiger partial charge in [-0.15, -0.1) is 0 Å². The number of rotatable bonds is 4. The molecule has 0 spiro atoms. The van der Waals surface area contributed by atoms with Crippen LogP contribution in [0.1, 0.15) is 15.9 Å². The zero-order chi connectivity index (χ0) is 23.1. The summed E-state index contributed by atoms with van der Waals surface area (Å²) in [6.07, 6.45) is -3.54. The molecule has 3 rings (SSSR count). The van der Waals surface area contributed by atoms with Gasteiger partial charge in [-0.3, -0.25) is 25.3 Å². The molecule has 0 radical (unpaired) electrons. The number of hydrazine groups is 1. The fourth-order valence-corrected chi connectivity index (χ4v) is 2.89. The molecule has 2 aromatic rings. The SMILES string of the molecule is O=C(NNC(=O)C(F)(F)F)c1ccc(CN(C(=O)N2CCOCC2)c2ccccn2)cc1. The lowest BCUT2D eigenvalue weighted by molar-refractivity contribution is -0.174. The van der Waals surface area contributed by atoms with Crippen LogP contribution in [0.5, 0.6) is 0 Å². The smallest absolute Gasteiger partial charge is 0.378 e. The highest BCUT2D eigenvalue weighted by atomic mass is 19.4. The number of anilines is 1. The second-order valence-electron chi connectivity index (χ2n) is 6.76. The molecule has 170 valence electrons. The highest BCUT2D eigenvalue weighted by molar-refractivity contribution is 5.96. The van der Waals surface area contributed by atoms with Crippen LogP contribution < -0.4 is 15.8 Å². The zero-order valence-electron chi connectivity index (χ0n) is 16.8. The van der Waals surface area contributed by atoms with E-state index in [1.54, 1.807) is 46.9 Å². The van der Waals surface area contributed by atoms with Gasteiger partial charge in [-0.25, -0.2) is 9.78 Å². The Morgan fingerprint density at radius 3 is 2.31 bits per heavy atom. The van der Waals surface area contributed by atoms with E-state index in [4.69, 9.17) is 4.74 Å². The standard InChI is InChI=1S/C20H20F3N5O4/c21-20(22,23)18(30)26-25-17(29)15-6-4-14(5-7-15)13-28(16-3-1-2-8-24-16)19(31)27-9-11-32-12-10-27/h1-8H,9-13H2,(H,25,29)(H,26,30). The van der Waals surface area contributed by atoms with Crippen LogP contribution in [-0.4, -0.2) is 60.2 Å². The summed E-state index contributed by atoms with van der Waals surface area (Å²) in [6.45, 7) is 1.93. The number of nitrogens with zero attached hydrogens (tertiary/aromatic N) is 3. The van der Waals surface area contributed by atoms with Crippen molar-refractivity contribution in [3.63, 3.8) is 0 Å². The number of carbonyl (C=O) groups is 3. The first kappa shape index (κ1) is 23.0. The molecule has 12 heteroatoms. The summed E-state index contributed by atoms with van der Waals surface area (Å²) in [7, 11) is 0. The van der Waals surface area contributed by atoms with Crippen molar-refractivity contribution in [1.82, 2.24) is 20.7 Å². The molecule has 4 amide bonds. The monoisotopic (exact) mass is 451 g/mol. The number of pyridine rings is 1. The summed E-state index contributed by atoms with van der Waals surface area (Å²) in [6, 6.07) is 10.8. The van der Waals surface area contributed by atoms with Crippen LogP contribution in [0.3, 0.4) is 0 Å². The number of nitrogens with one attached hydrogen (secondary N) is 2. The number of halogens is 3. The molecule has 1 saturated heterocycles. The molecule has 0 saturated carbocycles. The number of amides is 4. The minimum atomic E-state index is -5.11. The van der Waals surface area contributed by atoms with Crippen molar-refractivity contribution >= 4 is 23.7 Å². The minimum Gasteiger partial charge on any atom is -0.378 e. The normalized spacial score (nSPS) is 13.9. The number of aromatic nitrogens is 1. The van der Waals surface area contributed by atoms with Crippen LogP contribution >= 0.6 is 0 Å². The van der Waals surface area contributed by atoms with Crippen LogP contribution in [0.4, 0.5) is 23.8 Å². The first-order valence-electron chi connectivity index (χ1n) is 9.57. The van der Waals surface area contributed by atoms with Crippen molar-refractivity contribution in [2.75, 3.05) is 31.2 Å². The van der Waals surface area contributed by atoms with E-state index in [1.807, 2.05) is 0 Å². The second-order valence-corrected chi connectivity index (χ2v) is 6.76. The second kappa shape index (κ2) is 10.1. The van der Waals surface area contributed by atoms with Gasteiger partial charge in [0.25, 0.3) is 5.91 Å². The molecular weight excluding hydrogens is 431 g/mol. The molecule has 0 atom stereocenters. The maximum absolute atomic E-state index is 13.1. The largest absolute Gasteiger partial charge is 0.472 e. The van der Waals surface area contributed by atoms with Crippen molar-refractivity contribution in [3.05, 3.63) is 59.8 Å². The summed E-state index contributed by atoms with van der Waals surface area (Å²) in [5.41, 5.74) is 3.69. The average molecular weight is 451 g/mol. The molecule has 0 unspecified atom stereocenters. The maximum atomic E-state index is 13.1. The number of urea groups is 1. The maximum Gasteiger partial charge on any atom is 0.472 e. The van der Waals surface area contributed by atoms with E-state index < -0.39 is 18.0 Å². The predicted molar refractivity (Wildman–Crippen MR) is 106 cm³/mol. The van der Waals surface area contributed by atoms with Gasteiger partial charge >= 0.3 is 18.1 Å². The molecule has 9 nitrogen and oxygen atoms in total. The van der Waals surface area contributed by atoms with Gasteiger partial charge in [-0.05, 0) is 29.8 Å². The summed E-state index contributed by atoms with van der Waals surface area (Å²) in [4.78, 5) is 43.2. The van der Waals surface area contributed by atoms with E-state index in [9.17, 15) is 27.6 Å². The lowest BCUT2D eigenvalue weighted by atomic mass is 10.1. The Morgan fingerprint density at radius 2 is 1.72 bits per heavy atom. The number of morpholine rings is 1. The fraction of sp³-hybridized carbons (Fsp3) is 0.300. The Morgan fingerprint density at radius 1 is 1.03 bits per heavy atom. The number of alkyl halides is 3. The van der Waals surface area contributed by atoms with Gasteiger partial charge in [0.2, 0.25) is 0 Å². The molecular formula is C20H20F3N5O4. The Balaban J connectivity index is 1.69. The van der Waals surface area contributed by atoms with Crippen molar-refractivity contribution in [2.24, 2.45) is 0 Å². The molecule has 0 aliphatic carbocycles. The summed E-state index contributed by atoms with van der Waals surface area (Å²) >= 11 is 0. The molecule has 1 aromatic carbocycles. The summed E-state index contributed by atoms with van der Waals surface area (Å²) in [5.74, 6) is -2.75. The van der Waals surface area contributed by atoms with E-state index in [1.165, 1.54) is 22.5 Å². The topological polar surface area (TPSA) is 104 Å². The zero-order valence-corrected chi connectivity index (χ0v) is 16.8. The Labute approximate surface area is 181 Å². The molecule has 1 aliphatic rings. The van der Waals surface area contributed by atoms with E-state index in [-0.39, 0.29) is 18.1 Å². The van der Waals surface area contributed by atoms with Crippen molar-refractivity contribution in [2.45, 2.75) is 12.7 Å².